The van der Waals surface area contributed by atoms with Crippen molar-refractivity contribution in [3.63, 3.8) is 0 Å². The van der Waals surface area contributed by atoms with Crippen LogP contribution < -0.4 is 26.4 Å². The summed E-state index contributed by atoms with van der Waals surface area (Å²) in [5, 5.41) is 1.24. The monoisotopic (exact) mass is 837 g/mol. The molecule has 0 radical (unpaired) electrons. The van der Waals surface area contributed by atoms with Crippen LogP contribution in [0.1, 0.15) is 176 Å². The van der Waals surface area contributed by atoms with Crippen molar-refractivity contribution in [1.82, 2.24) is 0 Å². The van der Waals surface area contributed by atoms with Gasteiger partial charge in [-0.05, 0) is 176 Å². The minimum absolute atomic E-state index is 0.0216. The van der Waals surface area contributed by atoms with Crippen molar-refractivity contribution in [2.45, 2.75) is 176 Å². The van der Waals surface area contributed by atoms with Crippen molar-refractivity contribution >= 4 is 62.7 Å². The van der Waals surface area contributed by atoms with Crippen molar-refractivity contribution < 1.29 is 4.42 Å². The Morgan fingerprint density at radius 3 is 1.84 bits per heavy atom. The van der Waals surface area contributed by atoms with E-state index in [0.717, 1.165) is 24.1 Å². The highest BCUT2D eigenvalue weighted by Gasteiger charge is 2.49. The normalized spacial score (nSPS) is 21.5. The Morgan fingerprint density at radius 1 is 0.667 bits per heavy atom. The molecule has 0 fully saturated rings. The van der Waals surface area contributed by atoms with Crippen molar-refractivity contribution in [3.8, 4) is 0 Å². The van der Waals surface area contributed by atoms with Gasteiger partial charge in [-0.3, -0.25) is 0 Å². The summed E-state index contributed by atoms with van der Waals surface area (Å²) >= 11 is 0. The van der Waals surface area contributed by atoms with E-state index in [0.29, 0.717) is 5.92 Å². The number of nitrogens with zero attached hydrogens (tertiary/aromatic N) is 2. The first kappa shape index (κ1) is 42.5. The van der Waals surface area contributed by atoms with Crippen LogP contribution in [0.3, 0.4) is 0 Å². The van der Waals surface area contributed by atoms with E-state index < -0.39 is 0 Å². The second kappa shape index (κ2) is 13.6. The summed E-state index contributed by atoms with van der Waals surface area (Å²) in [6.07, 6.45) is 11.8. The molecule has 3 aliphatic carbocycles. The quantitative estimate of drug-likeness (QED) is 0.166. The molecule has 328 valence electrons. The van der Waals surface area contributed by atoms with Crippen molar-refractivity contribution in [2.24, 2.45) is 11.3 Å². The summed E-state index contributed by atoms with van der Waals surface area (Å²) in [6, 6.07) is 24.9. The lowest BCUT2D eigenvalue weighted by atomic mass is 9.35. The Balaban J connectivity index is 1.33. The molecule has 0 spiro atoms. The fourth-order valence-electron chi connectivity index (χ4n) is 12.2. The largest absolute Gasteiger partial charge is 0.468 e. The zero-order chi connectivity index (χ0) is 45.1. The molecule has 1 aromatic heterocycles. The summed E-state index contributed by atoms with van der Waals surface area (Å²) < 4.78 is 7.61. The van der Waals surface area contributed by atoms with E-state index in [1.165, 1.54) is 115 Å². The maximum absolute atomic E-state index is 7.61. The maximum atomic E-state index is 7.61. The fourth-order valence-corrected chi connectivity index (χ4v) is 12.2. The second-order valence-electron chi connectivity index (χ2n) is 25.2. The van der Waals surface area contributed by atoms with Gasteiger partial charge in [0.05, 0.1) is 11.3 Å². The van der Waals surface area contributed by atoms with Crippen LogP contribution in [-0.4, -0.2) is 6.71 Å². The SMILES string of the molecule is CCc1cc2c3c(c1)N(c1ccc4c(c1)C(C)(C)CCC4(C)C)c1c(oc4cc5c(cc14)C(C)(C)CCC5(C)C)B3c1cc(C(C)(C)C)ccc1N2C1=CCC(C(C)(C)C)C=C1C. The molecule has 2 aliphatic heterocycles. The zero-order valence-electron chi connectivity index (χ0n) is 41.6. The number of furan rings is 1. The molecule has 4 aromatic carbocycles. The molecule has 3 heterocycles. The van der Waals surface area contributed by atoms with Gasteiger partial charge in [0.2, 0.25) is 0 Å². The summed E-state index contributed by atoms with van der Waals surface area (Å²) in [5.74, 6) is 0.491. The van der Waals surface area contributed by atoms with E-state index in [4.69, 9.17) is 4.42 Å². The Bertz CT molecular complexity index is 2810. The topological polar surface area (TPSA) is 19.6 Å². The van der Waals surface area contributed by atoms with Crippen molar-refractivity contribution in [2.75, 3.05) is 9.80 Å². The van der Waals surface area contributed by atoms with Crippen LogP contribution in [0.25, 0.3) is 11.0 Å². The van der Waals surface area contributed by atoms with E-state index in [-0.39, 0.29) is 39.2 Å². The van der Waals surface area contributed by atoms with Crippen molar-refractivity contribution in [1.29, 1.82) is 0 Å². The smallest absolute Gasteiger partial charge is 0.297 e. The van der Waals surface area contributed by atoms with Gasteiger partial charge in [0.1, 0.15) is 5.58 Å². The van der Waals surface area contributed by atoms with Gasteiger partial charge in [0.15, 0.2) is 0 Å². The highest BCUT2D eigenvalue weighted by Crippen LogP contribution is 2.54. The second-order valence-corrected chi connectivity index (χ2v) is 25.2. The summed E-state index contributed by atoms with van der Waals surface area (Å²) in [4.78, 5) is 5.31. The fraction of sp³-hybridized carbons (Fsp3) is 0.492. The van der Waals surface area contributed by atoms with Gasteiger partial charge in [-0.25, -0.2) is 0 Å². The highest BCUT2D eigenvalue weighted by molar-refractivity contribution is 7.00. The number of anilines is 5. The Hall–Kier alpha value is -4.44. The molecule has 0 saturated carbocycles. The molecule has 63 heavy (non-hydrogen) atoms. The van der Waals surface area contributed by atoms with Gasteiger partial charge >= 0.3 is 0 Å². The number of benzene rings is 4. The Labute approximate surface area is 380 Å². The molecular weight excluding hydrogens is 763 g/mol. The average molecular weight is 837 g/mol. The van der Waals surface area contributed by atoms with Crippen LogP contribution in [0, 0.1) is 11.3 Å². The Kier molecular flexibility index (Phi) is 9.15. The third kappa shape index (κ3) is 6.41. The molecule has 3 nitrogen and oxygen atoms in total. The lowest BCUT2D eigenvalue weighted by molar-refractivity contribution is 0.291. The zero-order valence-corrected chi connectivity index (χ0v) is 41.6. The molecule has 5 aromatic rings. The van der Waals surface area contributed by atoms with Crippen LogP contribution in [-0.2, 0) is 33.5 Å². The maximum Gasteiger partial charge on any atom is 0.297 e. The van der Waals surface area contributed by atoms with E-state index in [1.807, 2.05) is 0 Å². The number of hydrogen-bond acceptors (Lipinski definition) is 3. The molecule has 0 saturated heterocycles. The first-order valence-electron chi connectivity index (χ1n) is 24.4. The lowest BCUT2D eigenvalue weighted by Gasteiger charge is -2.45. The van der Waals surface area contributed by atoms with Crippen LogP contribution >= 0.6 is 0 Å². The number of hydrogen-bond donors (Lipinski definition) is 0. The summed E-state index contributed by atoms with van der Waals surface area (Å²) in [6.45, 7) is 38.4. The first-order valence-corrected chi connectivity index (χ1v) is 24.4. The van der Waals surface area contributed by atoms with Gasteiger partial charge in [-0.15, -0.1) is 0 Å². The third-order valence-corrected chi connectivity index (χ3v) is 16.8. The summed E-state index contributed by atoms with van der Waals surface area (Å²) in [7, 11) is 0. The van der Waals surface area contributed by atoms with E-state index in [2.05, 4.69) is 193 Å². The predicted octanol–water partition coefficient (Wildman–Crippen LogP) is 14.6. The third-order valence-electron chi connectivity index (χ3n) is 16.8. The lowest BCUT2D eigenvalue weighted by Crippen LogP contribution is -2.61. The van der Waals surface area contributed by atoms with Crippen LogP contribution in [0.5, 0.6) is 0 Å². The average Bonchev–Trinajstić information content (AvgIpc) is 3.58. The molecule has 0 bridgehead atoms. The number of fused-ring (bicyclic) bond motifs is 8. The van der Waals surface area contributed by atoms with E-state index >= 15 is 0 Å². The standard InChI is InChI=1S/C59H73BN2O/c1-17-36-29-48-51-49(30-36)62(46-22-18-37(28-35(46)2)54(3,4)5)47-23-19-38(55(6,7)8)31-45(47)60(51)53-52(40-33-43-44(34-50(40)63-53)59(15,16)27-26-58(43,13)14)61(48)39-20-21-41-42(32-39)57(11,12)25-24-56(41,9)10/h19-23,28-34,37H,17-18,24-27H2,1-16H3. The first-order chi connectivity index (χ1) is 29.3. The van der Waals surface area contributed by atoms with Gasteiger partial charge in [0.25, 0.3) is 6.71 Å². The number of rotatable bonds is 3. The van der Waals surface area contributed by atoms with Gasteiger partial charge in [0, 0.05) is 33.8 Å². The molecule has 0 N–H and O–H groups in total. The predicted molar refractivity (Wildman–Crippen MR) is 272 cm³/mol. The van der Waals surface area contributed by atoms with Crippen molar-refractivity contribution in [3.05, 3.63) is 117 Å². The molecule has 0 amide bonds. The van der Waals surface area contributed by atoms with Gasteiger partial charge < -0.3 is 14.2 Å². The highest BCUT2D eigenvalue weighted by atomic mass is 16.3. The van der Waals surface area contributed by atoms with Crippen LogP contribution in [0.15, 0.2) is 88.5 Å². The Morgan fingerprint density at radius 2 is 1.25 bits per heavy atom. The minimum Gasteiger partial charge on any atom is -0.468 e. The van der Waals surface area contributed by atoms with E-state index in [9.17, 15) is 0 Å². The molecule has 4 heteroatoms. The number of aryl methyl sites for hydroxylation is 1. The van der Waals surface area contributed by atoms with Gasteiger partial charge in [-0.2, -0.15) is 0 Å². The molecule has 5 aliphatic rings. The molecule has 10 rings (SSSR count). The van der Waals surface area contributed by atoms with Crippen LogP contribution in [0.2, 0.25) is 0 Å². The summed E-state index contributed by atoms with van der Waals surface area (Å²) in [5.41, 5.74) is 22.8. The molecular formula is C59H73BN2O. The number of allylic oxidation sites excluding steroid dienone is 3. The molecule has 1 atom stereocenters. The van der Waals surface area contributed by atoms with Crippen LogP contribution in [0.4, 0.5) is 28.4 Å². The van der Waals surface area contributed by atoms with Gasteiger partial charge in [-0.1, -0.05) is 134 Å². The minimum atomic E-state index is -0.0741. The molecule has 1 unspecified atom stereocenters. The van der Waals surface area contributed by atoms with E-state index in [1.54, 1.807) is 0 Å².